The van der Waals surface area contributed by atoms with E-state index in [1.54, 1.807) is 6.08 Å². The molecule has 0 aromatic heterocycles. The Morgan fingerprint density at radius 3 is 2.26 bits per heavy atom. The third-order valence-electron chi connectivity index (χ3n) is 6.84. The van der Waals surface area contributed by atoms with Gasteiger partial charge in [0.25, 0.3) is 0 Å². The van der Waals surface area contributed by atoms with E-state index in [1.165, 1.54) is 9.80 Å². The maximum Gasteiger partial charge on any atom is 0.411 e. The van der Waals surface area contributed by atoms with Crippen molar-refractivity contribution in [3.63, 3.8) is 0 Å². The number of carboxylic acids is 1. The Balaban J connectivity index is 1.42. The van der Waals surface area contributed by atoms with E-state index in [-0.39, 0.29) is 19.8 Å². The zero-order valence-corrected chi connectivity index (χ0v) is 20.6. The summed E-state index contributed by atoms with van der Waals surface area (Å²) < 4.78 is 11.1. The van der Waals surface area contributed by atoms with Crippen molar-refractivity contribution in [1.82, 2.24) is 9.80 Å². The second kappa shape index (κ2) is 11.3. The van der Waals surface area contributed by atoms with Crippen LogP contribution < -0.4 is 0 Å². The van der Waals surface area contributed by atoms with E-state index in [4.69, 9.17) is 9.47 Å². The van der Waals surface area contributed by atoms with Crippen LogP contribution in [0, 0.1) is 0 Å². The van der Waals surface area contributed by atoms with Crippen LogP contribution in [0.15, 0.2) is 97.1 Å². The fourth-order valence-corrected chi connectivity index (χ4v) is 4.94. The summed E-state index contributed by atoms with van der Waals surface area (Å²) in [7, 11) is 0. The molecular formula is C30H28N2O6. The summed E-state index contributed by atoms with van der Waals surface area (Å²) in [6, 6.07) is 25.0. The molecule has 38 heavy (non-hydrogen) atoms. The van der Waals surface area contributed by atoms with Gasteiger partial charge in [0.1, 0.15) is 12.6 Å². The number of hydrogen-bond donors (Lipinski definition) is 1. The Kier molecular flexibility index (Phi) is 7.51. The highest BCUT2D eigenvalue weighted by Crippen LogP contribution is 2.38. The van der Waals surface area contributed by atoms with Crippen molar-refractivity contribution >= 4 is 24.0 Å². The van der Waals surface area contributed by atoms with Gasteiger partial charge in [-0.25, -0.2) is 9.59 Å². The number of nitrogens with zero attached hydrogens (tertiary/aromatic N) is 2. The van der Waals surface area contributed by atoms with E-state index in [1.807, 2.05) is 97.1 Å². The van der Waals surface area contributed by atoms with E-state index < -0.39 is 42.1 Å². The summed E-state index contributed by atoms with van der Waals surface area (Å²) in [5.41, 5.74) is 2.63. The second-order valence-corrected chi connectivity index (χ2v) is 9.22. The largest absolute Gasteiger partial charge is 0.480 e. The summed E-state index contributed by atoms with van der Waals surface area (Å²) >= 11 is 0. The van der Waals surface area contributed by atoms with E-state index >= 15 is 0 Å². The molecule has 0 radical (unpaired) electrons. The number of cyclic esters (lactones) is 1. The van der Waals surface area contributed by atoms with Crippen molar-refractivity contribution in [2.75, 3.05) is 13.2 Å². The molecule has 8 heteroatoms. The highest BCUT2D eigenvalue weighted by atomic mass is 16.6. The minimum Gasteiger partial charge on any atom is -0.480 e. The molecule has 2 saturated heterocycles. The number of β-lactam (4-membered cyclic amide) rings is 1. The molecule has 2 aliphatic rings. The molecule has 194 valence electrons. The van der Waals surface area contributed by atoms with E-state index in [2.05, 4.69) is 0 Å². The normalized spacial score (nSPS) is 21.8. The molecule has 2 amide bonds. The van der Waals surface area contributed by atoms with Crippen LogP contribution in [-0.2, 0) is 25.7 Å². The van der Waals surface area contributed by atoms with Crippen molar-refractivity contribution in [3.05, 3.63) is 114 Å². The number of amides is 2. The van der Waals surface area contributed by atoms with Crippen molar-refractivity contribution in [2.24, 2.45) is 0 Å². The SMILES string of the molecule is O=C(O)[C@@H](COCc1ccccc1)N1C(=O)[C@@H](N2C(=O)OC[C@@H]2c2ccccc2)[C@H]1C=Cc1ccccc1. The zero-order chi connectivity index (χ0) is 26.5. The van der Waals surface area contributed by atoms with Crippen LogP contribution in [0.5, 0.6) is 0 Å². The molecule has 8 nitrogen and oxygen atoms in total. The molecule has 5 rings (SSSR count). The molecule has 1 N–H and O–H groups in total. The first-order valence-corrected chi connectivity index (χ1v) is 12.4. The van der Waals surface area contributed by atoms with E-state index in [0.29, 0.717) is 0 Å². The predicted molar refractivity (Wildman–Crippen MR) is 140 cm³/mol. The van der Waals surface area contributed by atoms with Gasteiger partial charge in [-0.15, -0.1) is 0 Å². The van der Waals surface area contributed by atoms with Crippen molar-refractivity contribution < 1.29 is 29.0 Å². The van der Waals surface area contributed by atoms with Gasteiger partial charge in [-0.3, -0.25) is 9.69 Å². The summed E-state index contributed by atoms with van der Waals surface area (Å²) in [5, 5.41) is 10.1. The van der Waals surface area contributed by atoms with Crippen LogP contribution in [-0.4, -0.2) is 64.2 Å². The summed E-state index contributed by atoms with van der Waals surface area (Å²) in [4.78, 5) is 41.5. The Bertz CT molecular complexity index is 1300. The lowest BCUT2D eigenvalue weighted by Gasteiger charge is -2.51. The first-order chi connectivity index (χ1) is 18.5. The fourth-order valence-electron chi connectivity index (χ4n) is 4.94. The van der Waals surface area contributed by atoms with Crippen molar-refractivity contribution in [3.8, 4) is 0 Å². The van der Waals surface area contributed by atoms with Gasteiger partial charge in [-0.05, 0) is 16.7 Å². The lowest BCUT2D eigenvalue weighted by atomic mass is 9.88. The van der Waals surface area contributed by atoms with Gasteiger partial charge in [0.2, 0.25) is 5.91 Å². The molecule has 4 atom stereocenters. The number of aliphatic carboxylic acids is 1. The average molecular weight is 513 g/mol. The zero-order valence-electron chi connectivity index (χ0n) is 20.6. The van der Waals surface area contributed by atoms with Crippen LogP contribution >= 0.6 is 0 Å². The van der Waals surface area contributed by atoms with Gasteiger partial charge in [0, 0.05) is 0 Å². The quantitative estimate of drug-likeness (QED) is 0.410. The van der Waals surface area contributed by atoms with Crippen LogP contribution in [0.4, 0.5) is 4.79 Å². The Hall–Kier alpha value is -4.43. The Morgan fingerprint density at radius 1 is 0.974 bits per heavy atom. The summed E-state index contributed by atoms with van der Waals surface area (Å²) in [6.45, 7) is 0.143. The number of carbonyl (C=O) groups is 3. The molecule has 0 unspecified atom stereocenters. The Morgan fingerprint density at radius 2 is 1.61 bits per heavy atom. The third-order valence-corrected chi connectivity index (χ3v) is 6.84. The summed E-state index contributed by atoms with van der Waals surface area (Å²) in [6.07, 6.45) is 3.02. The molecule has 0 saturated carbocycles. The highest BCUT2D eigenvalue weighted by molar-refractivity contribution is 5.97. The molecule has 3 aromatic rings. The number of rotatable bonds is 10. The van der Waals surface area contributed by atoms with Gasteiger partial charge in [-0.1, -0.05) is 103 Å². The van der Waals surface area contributed by atoms with Crippen LogP contribution in [0.3, 0.4) is 0 Å². The molecule has 3 aromatic carbocycles. The average Bonchev–Trinajstić information content (AvgIpc) is 3.32. The molecule has 0 aliphatic carbocycles. The van der Waals surface area contributed by atoms with Gasteiger partial charge in [-0.2, -0.15) is 0 Å². The van der Waals surface area contributed by atoms with Gasteiger partial charge < -0.3 is 19.5 Å². The molecule has 0 spiro atoms. The predicted octanol–water partition coefficient (Wildman–Crippen LogP) is 4.14. The first kappa shape index (κ1) is 25.2. The van der Waals surface area contributed by atoms with Gasteiger partial charge >= 0.3 is 12.1 Å². The molecule has 2 heterocycles. The first-order valence-electron chi connectivity index (χ1n) is 12.4. The van der Waals surface area contributed by atoms with Gasteiger partial charge in [0.15, 0.2) is 6.04 Å². The smallest absolute Gasteiger partial charge is 0.411 e. The number of benzene rings is 3. The standard InChI is InChI=1S/C30H28N2O6/c33-28-27(32-25(20-38-30(32)36)23-14-8-3-9-15-23)24(17-16-21-10-4-1-5-11-21)31(28)26(29(34)35)19-37-18-22-12-6-2-7-13-22/h1-17,24-27H,18-20H2,(H,34,35)/t24-,25-,26-,27+/m1/s1. The van der Waals surface area contributed by atoms with Crippen LogP contribution in [0.1, 0.15) is 22.7 Å². The number of likely N-dealkylation sites (tertiary alicyclic amines) is 1. The lowest BCUT2D eigenvalue weighted by Crippen LogP contribution is -2.74. The minimum atomic E-state index is -1.22. The number of carboxylic acid groups (broad SMARTS) is 1. The summed E-state index contributed by atoms with van der Waals surface area (Å²) in [5.74, 6) is -1.63. The van der Waals surface area contributed by atoms with Crippen molar-refractivity contribution in [1.29, 1.82) is 0 Å². The Labute approximate surface area is 220 Å². The molecule has 2 fully saturated rings. The van der Waals surface area contributed by atoms with Crippen LogP contribution in [0.25, 0.3) is 6.08 Å². The minimum absolute atomic E-state index is 0.115. The molecular weight excluding hydrogens is 484 g/mol. The third kappa shape index (κ3) is 5.17. The lowest BCUT2D eigenvalue weighted by molar-refractivity contribution is -0.171. The van der Waals surface area contributed by atoms with E-state index in [9.17, 15) is 19.5 Å². The monoisotopic (exact) mass is 512 g/mol. The maximum atomic E-state index is 13.6. The highest BCUT2D eigenvalue weighted by Gasteiger charge is 2.58. The second-order valence-electron chi connectivity index (χ2n) is 9.22. The molecule has 0 bridgehead atoms. The fraction of sp³-hybridized carbons (Fsp3) is 0.233. The number of ether oxygens (including phenoxy) is 2. The number of hydrogen-bond acceptors (Lipinski definition) is 5. The van der Waals surface area contributed by atoms with E-state index in [0.717, 1.165) is 16.7 Å². The maximum absolute atomic E-state index is 13.6. The van der Waals surface area contributed by atoms with Gasteiger partial charge in [0.05, 0.1) is 25.3 Å². The topological polar surface area (TPSA) is 96.4 Å². The van der Waals surface area contributed by atoms with Crippen molar-refractivity contribution in [2.45, 2.75) is 30.8 Å². The molecule has 2 aliphatic heterocycles. The van der Waals surface area contributed by atoms with Crippen LogP contribution in [0.2, 0.25) is 0 Å². The number of carbonyl (C=O) groups excluding carboxylic acids is 2.